The number of hydrogen-bond donors (Lipinski definition) is 3. The second-order valence-electron chi connectivity index (χ2n) is 2.06. The molecule has 0 aliphatic carbocycles. The van der Waals surface area contributed by atoms with Crippen molar-refractivity contribution in [2.45, 2.75) is 0 Å². The van der Waals surface area contributed by atoms with E-state index in [9.17, 15) is 0 Å². The number of H-pyrrole nitrogens is 1. The second kappa shape index (κ2) is 1.44. The molecule has 0 fully saturated rings. The summed E-state index contributed by atoms with van der Waals surface area (Å²) >= 11 is 0. The number of nitrogen functional groups attached to an aromatic ring is 2. The molecule has 5 N–H and O–H groups in total. The number of hydrogen-bond acceptors (Lipinski definition) is 3. The number of rotatable bonds is 0. The number of fused-ring (bicyclic) bond motifs is 1. The molecule has 5 nitrogen and oxygen atoms in total. The third-order valence-electron chi connectivity index (χ3n) is 1.41. The highest BCUT2D eigenvalue weighted by Gasteiger charge is 2.04. The van der Waals surface area contributed by atoms with E-state index in [0.717, 1.165) is 0 Å². The van der Waals surface area contributed by atoms with Gasteiger partial charge in [0.1, 0.15) is 11.5 Å². The molecule has 0 spiro atoms. The van der Waals surface area contributed by atoms with Crippen LogP contribution in [0.2, 0.25) is 0 Å². The van der Waals surface area contributed by atoms with Gasteiger partial charge in [0.25, 0.3) is 0 Å². The molecule has 0 radical (unpaired) electrons. The van der Waals surface area contributed by atoms with Gasteiger partial charge in [-0.2, -0.15) is 0 Å². The standard InChI is InChI=1S/C5H7N5/c6-3-4(7)9-10-2-1-8-5(3)10/h1-2,9H,6-7H2. The van der Waals surface area contributed by atoms with E-state index in [-0.39, 0.29) is 0 Å². The summed E-state index contributed by atoms with van der Waals surface area (Å²) in [6.45, 7) is 0. The smallest absolute Gasteiger partial charge is 0.178 e. The van der Waals surface area contributed by atoms with Crippen LogP contribution in [0.5, 0.6) is 0 Å². The lowest BCUT2D eigenvalue weighted by atomic mass is 10.5. The lowest BCUT2D eigenvalue weighted by Gasteiger charge is -1.83. The van der Waals surface area contributed by atoms with Gasteiger partial charge in [-0.15, -0.1) is 0 Å². The SMILES string of the molecule is Nc1[nH]n2ccnc2c1N. The number of nitrogens with one attached hydrogen (secondary N) is 1. The van der Waals surface area contributed by atoms with Crippen LogP contribution in [0.3, 0.4) is 0 Å². The first-order valence-electron chi connectivity index (χ1n) is 2.85. The highest BCUT2D eigenvalue weighted by molar-refractivity contribution is 5.75. The molecule has 0 saturated heterocycles. The van der Waals surface area contributed by atoms with Crippen molar-refractivity contribution in [3.8, 4) is 0 Å². The summed E-state index contributed by atoms with van der Waals surface area (Å²) in [6.07, 6.45) is 3.41. The fraction of sp³-hybridized carbons (Fsp3) is 0. The first-order valence-corrected chi connectivity index (χ1v) is 2.85. The molecule has 2 aromatic rings. The van der Waals surface area contributed by atoms with Gasteiger partial charge < -0.3 is 11.5 Å². The Morgan fingerprint density at radius 1 is 1.50 bits per heavy atom. The van der Waals surface area contributed by atoms with E-state index < -0.39 is 0 Å². The minimum Gasteiger partial charge on any atom is -0.393 e. The molecular weight excluding hydrogens is 130 g/mol. The summed E-state index contributed by atoms with van der Waals surface area (Å²) in [4.78, 5) is 3.97. The molecule has 0 aliphatic heterocycles. The molecule has 0 unspecified atom stereocenters. The van der Waals surface area contributed by atoms with Gasteiger partial charge in [0.2, 0.25) is 0 Å². The van der Waals surface area contributed by atoms with Crippen molar-refractivity contribution >= 4 is 17.2 Å². The van der Waals surface area contributed by atoms with Gasteiger partial charge in [-0.1, -0.05) is 0 Å². The van der Waals surface area contributed by atoms with Crippen molar-refractivity contribution in [3.05, 3.63) is 12.4 Å². The zero-order chi connectivity index (χ0) is 7.14. The normalized spacial score (nSPS) is 10.8. The van der Waals surface area contributed by atoms with E-state index >= 15 is 0 Å². The van der Waals surface area contributed by atoms with Crippen LogP contribution in [0.4, 0.5) is 11.5 Å². The van der Waals surface area contributed by atoms with Gasteiger partial charge in [-0.25, -0.2) is 9.50 Å². The summed E-state index contributed by atoms with van der Waals surface area (Å²) in [5.74, 6) is 0.461. The molecule has 52 valence electrons. The number of aromatic amines is 1. The van der Waals surface area contributed by atoms with Crippen LogP contribution in [-0.4, -0.2) is 14.6 Å². The molecule has 2 aromatic heterocycles. The maximum absolute atomic E-state index is 5.54. The summed E-state index contributed by atoms with van der Waals surface area (Å²) in [7, 11) is 0. The topological polar surface area (TPSA) is 85.1 Å². The largest absolute Gasteiger partial charge is 0.393 e. The summed E-state index contributed by atoms with van der Waals surface area (Å²) in [6, 6.07) is 0. The van der Waals surface area contributed by atoms with Crippen molar-refractivity contribution < 1.29 is 0 Å². The van der Waals surface area contributed by atoms with Crippen molar-refractivity contribution in [2.24, 2.45) is 0 Å². The van der Waals surface area contributed by atoms with Crippen molar-refractivity contribution in [1.29, 1.82) is 0 Å². The van der Waals surface area contributed by atoms with Crippen LogP contribution >= 0.6 is 0 Å². The van der Waals surface area contributed by atoms with Crippen molar-refractivity contribution in [1.82, 2.24) is 14.6 Å². The molecule has 0 aliphatic rings. The zero-order valence-electron chi connectivity index (χ0n) is 5.20. The molecule has 0 aromatic carbocycles. The molecule has 2 heterocycles. The Hall–Kier alpha value is -1.65. The lowest BCUT2D eigenvalue weighted by Crippen LogP contribution is -1.91. The van der Waals surface area contributed by atoms with Crippen molar-refractivity contribution in [2.75, 3.05) is 11.5 Å². The van der Waals surface area contributed by atoms with Crippen LogP contribution in [0.15, 0.2) is 12.4 Å². The number of nitrogens with zero attached hydrogens (tertiary/aromatic N) is 2. The Bertz CT molecular complexity index is 357. The van der Waals surface area contributed by atoms with Gasteiger partial charge >= 0.3 is 0 Å². The van der Waals surface area contributed by atoms with Crippen LogP contribution in [0.25, 0.3) is 5.65 Å². The molecule has 2 rings (SSSR count). The second-order valence-corrected chi connectivity index (χ2v) is 2.06. The Morgan fingerprint density at radius 2 is 2.30 bits per heavy atom. The number of imidazole rings is 1. The fourth-order valence-electron chi connectivity index (χ4n) is 0.903. The first-order chi connectivity index (χ1) is 4.79. The van der Waals surface area contributed by atoms with Gasteiger partial charge in [0.05, 0.1) is 0 Å². The Morgan fingerprint density at radius 3 is 3.00 bits per heavy atom. The fourth-order valence-corrected chi connectivity index (χ4v) is 0.903. The quantitative estimate of drug-likeness (QED) is 0.471. The Kier molecular flexibility index (Phi) is 0.743. The van der Waals surface area contributed by atoms with E-state index in [2.05, 4.69) is 10.1 Å². The Labute approximate surface area is 56.6 Å². The minimum atomic E-state index is 0.461. The first kappa shape index (κ1) is 5.16. The summed E-state index contributed by atoms with van der Waals surface area (Å²) in [5.41, 5.74) is 12.2. The maximum atomic E-state index is 5.54. The van der Waals surface area contributed by atoms with Gasteiger partial charge in [0, 0.05) is 12.4 Å². The average Bonchev–Trinajstić information content (AvgIpc) is 2.41. The third-order valence-corrected chi connectivity index (χ3v) is 1.41. The summed E-state index contributed by atoms with van der Waals surface area (Å²) in [5, 5.41) is 2.81. The predicted molar refractivity (Wildman–Crippen MR) is 38.4 cm³/mol. The zero-order valence-corrected chi connectivity index (χ0v) is 5.20. The molecular formula is C5H7N5. The number of anilines is 2. The van der Waals surface area contributed by atoms with Gasteiger partial charge in [-0.05, 0) is 0 Å². The van der Waals surface area contributed by atoms with Crippen molar-refractivity contribution in [3.63, 3.8) is 0 Å². The molecule has 0 atom stereocenters. The van der Waals surface area contributed by atoms with Gasteiger partial charge in [-0.3, -0.25) is 5.10 Å². The van der Waals surface area contributed by atoms with E-state index in [1.165, 1.54) is 0 Å². The van der Waals surface area contributed by atoms with E-state index in [4.69, 9.17) is 11.5 Å². The van der Waals surface area contributed by atoms with E-state index in [1.54, 1.807) is 16.9 Å². The van der Waals surface area contributed by atoms with E-state index in [1.807, 2.05) is 0 Å². The molecule has 0 bridgehead atoms. The predicted octanol–water partition coefficient (Wildman–Crippen LogP) is -0.173. The molecule has 10 heavy (non-hydrogen) atoms. The van der Waals surface area contributed by atoms with Crippen LogP contribution in [0.1, 0.15) is 0 Å². The monoisotopic (exact) mass is 137 g/mol. The summed E-state index contributed by atoms with van der Waals surface area (Å²) < 4.78 is 1.67. The highest BCUT2D eigenvalue weighted by atomic mass is 15.3. The molecule has 0 saturated carbocycles. The molecule has 0 amide bonds. The van der Waals surface area contributed by atoms with Crippen LogP contribution in [0, 0.1) is 0 Å². The van der Waals surface area contributed by atoms with Crippen LogP contribution < -0.4 is 11.5 Å². The van der Waals surface area contributed by atoms with Gasteiger partial charge in [0.15, 0.2) is 5.65 Å². The lowest BCUT2D eigenvalue weighted by molar-refractivity contribution is 0.980. The maximum Gasteiger partial charge on any atom is 0.178 e. The highest BCUT2D eigenvalue weighted by Crippen LogP contribution is 2.16. The Balaban J connectivity index is 2.95. The van der Waals surface area contributed by atoms with E-state index in [0.29, 0.717) is 17.2 Å². The minimum absolute atomic E-state index is 0.461. The third kappa shape index (κ3) is 0.439. The average molecular weight is 137 g/mol. The number of aromatic nitrogens is 3. The number of nitrogens with two attached hydrogens (primary N) is 2. The van der Waals surface area contributed by atoms with Crippen LogP contribution in [-0.2, 0) is 0 Å². The molecule has 5 heteroatoms.